The Morgan fingerprint density at radius 1 is 0.553 bits per heavy atom. The third kappa shape index (κ3) is 3.40. The molecule has 0 spiro atoms. The van der Waals surface area contributed by atoms with Gasteiger partial charge >= 0.3 is 0 Å². The van der Waals surface area contributed by atoms with Crippen LogP contribution in [0.5, 0.6) is 0 Å². The fraction of sp³-hybridized carbons (Fsp3) is 0.312. The van der Waals surface area contributed by atoms with Gasteiger partial charge in [-0.05, 0) is 65.0 Å². The first-order valence-electron chi connectivity index (χ1n) is 14.0. The molecule has 5 aromatic rings. The van der Waals surface area contributed by atoms with Crippen LogP contribution in [-0.4, -0.2) is 32.0 Å². The molecule has 0 radical (unpaired) electrons. The van der Waals surface area contributed by atoms with Crippen molar-refractivity contribution in [2.45, 2.75) is 49.9 Å². The molecule has 4 aliphatic rings. The second-order valence-electron chi connectivity index (χ2n) is 11.8. The number of benzene rings is 3. The number of piperidine rings is 2. The van der Waals surface area contributed by atoms with Crippen molar-refractivity contribution in [3.63, 3.8) is 0 Å². The molecule has 4 heterocycles. The Bertz CT molecular complexity index is 1660. The molecule has 4 fully saturated rings. The Balaban J connectivity index is 1.01. The summed E-state index contributed by atoms with van der Waals surface area (Å²) in [6.07, 6.45) is 9.05. The molecule has 0 bridgehead atoms. The molecule has 6 nitrogen and oxygen atoms in total. The lowest BCUT2D eigenvalue weighted by atomic mass is 9.94. The minimum absolute atomic E-state index is 0.363. The molecule has 4 N–H and O–H groups in total. The summed E-state index contributed by atoms with van der Waals surface area (Å²) in [5.41, 5.74) is 7.00. The van der Waals surface area contributed by atoms with Crippen molar-refractivity contribution in [2.24, 2.45) is 11.8 Å². The van der Waals surface area contributed by atoms with E-state index in [0.29, 0.717) is 18.1 Å². The second kappa shape index (κ2) is 7.88. The van der Waals surface area contributed by atoms with Crippen molar-refractivity contribution in [3.8, 4) is 33.6 Å². The number of H-pyrrole nitrogens is 2. The molecular weight excluding hydrogens is 468 g/mol. The highest BCUT2D eigenvalue weighted by atomic mass is 15.1. The predicted octanol–water partition coefficient (Wildman–Crippen LogP) is 6.13. The van der Waals surface area contributed by atoms with Gasteiger partial charge in [-0.3, -0.25) is 0 Å². The van der Waals surface area contributed by atoms with Crippen LogP contribution in [0.25, 0.3) is 44.4 Å². The molecule has 2 aliphatic carbocycles. The largest absolute Gasteiger partial charge is 0.341 e. The molecule has 2 saturated heterocycles. The average Bonchev–Trinajstić information content (AvgIpc) is 3.52. The van der Waals surface area contributed by atoms with Gasteiger partial charge in [0, 0.05) is 17.6 Å². The summed E-state index contributed by atoms with van der Waals surface area (Å²) in [5.74, 6) is 3.85. The van der Waals surface area contributed by atoms with Crippen LogP contribution >= 0.6 is 0 Å². The number of hydrogen-bond donors (Lipinski definition) is 4. The minimum atomic E-state index is 0.363. The Labute approximate surface area is 221 Å². The first kappa shape index (κ1) is 21.2. The maximum absolute atomic E-state index is 4.76. The Morgan fingerprint density at radius 3 is 1.74 bits per heavy atom. The third-order valence-electron chi connectivity index (χ3n) is 9.32. The topological polar surface area (TPSA) is 81.4 Å². The smallest absolute Gasteiger partial charge is 0.123 e. The number of imidazole rings is 2. The maximum Gasteiger partial charge on any atom is 0.123 e. The fourth-order valence-electron chi connectivity index (χ4n) is 7.00. The van der Waals surface area contributed by atoms with Gasteiger partial charge in [0.15, 0.2) is 0 Å². The third-order valence-corrected chi connectivity index (χ3v) is 9.32. The van der Waals surface area contributed by atoms with Gasteiger partial charge in [-0.1, -0.05) is 60.7 Å². The van der Waals surface area contributed by atoms with E-state index in [1.165, 1.54) is 58.7 Å². The zero-order valence-electron chi connectivity index (χ0n) is 21.1. The van der Waals surface area contributed by atoms with Crippen LogP contribution in [-0.2, 0) is 0 Å². The van der Waals surface area contributed by atoms with E-state index in [4.69, 9.17) is 9.97 Å². The average molecular weight is 499 g/mol. The van der Waals surface area contributed by atoms with E-state index in [-0.39, 0.29) is 0 Å². The molecule has 9 rings (SSSR count). The number of hydrogen-bond acceptors (Lipinski definition) is 4. The van der Waals surface area contributed by atoms with Gasteiger partial charge in [0.05, 0.1) is 35.9 Å². The monoisotopic (exact) mass is 498 g/mol. The summed E-state index contributed by atoms with van der Waals surface area (Å²) >= 11 is 0. The first-order chi connectivity index (χ1) is 18.8. The number of fused-ring (bicyclic) bond motifs is 3. The molecule has 3 aromatic carbocycles. The molecule has 2 aromatic heterocycles. The van der Waals surface area contributed by atoms with Crippen LogP contribution in [0, 0.1) is 11.8 Å². The molecule has 0 amide bonds. The summed E-state index contributed by atoms with van der Waals surface area (Å²) in [6, 6.07) is 24.2. The van der Waals surface area contributed by atoms with E-state index in [2.05, 4.69) is 81.3 Å². The molecule has 2 saturated carbocycles. The van der Waals surface area contributed by atoms with Crippen molar-refractivity contribution in [2.75, 3.05) is 0 Å². The summed E-state index contributed by atoms with van der Waals surface area (Å²) in [7, 11) is 0. The van der Waals surface area contributed by atoms with Gasteiger partial charge < -0.3 is 20.6 Å². The molecule has 2 aliphatic heterocycles. The predicted molar refractivity (Wildman–Crippen MR) is 149 cm³/mol. The summed E-state index contributed by atoms with van der Waals surface area (Å²) < 4.78 is 0. The van der Waals surface area contributed by atoms with Crippen molar-refractivity contribution in [1.82, 2.24) is 30.6 Å². The quantitative estimate of drug-likeness (QED) is 0.235. The molecule has 6 heteroatoms. The van der Waals surface area contributed by atoms with Gasteiger partial charge in [0.25, 0.3) is 0 Å². The first-order valence-corrected chi connectivity index (χ1v) is 14.0. The Morgan fingerprint density at radius 2 is 1.11 bits per heavy atom. The Hall–Kier alpha value is -3.74. The van der Waals surface area contributed by atoms with Crippen LogP contribution in [0.1, 0.15) is 49.4 Å². The highest BCUT2D eigenvalue weighted by Crippen LogP contribution is 2.46. The summed E-state index contributed by atoms with van der Waals surface area (Å²) in [6.45, 7) is 0. The highest BCUT2D eigenvalue weighted by molar-refractivity contribution is 6.04. The zero-order valence-corrected chi connectivity index (χ0v) is 21.1. The number of aromatic nitrogens is 4. The number of aromatic amines is 2. The summed E-state index contributed by atoms with van der Waals surface area (Å²) in [4.78, 5) is 16.6. The number of nitrogens with zero attached hydrogens (tertiary/aromatic N) is 2. The molecule has 6 atom stereocenters. The van der Waals surface area contributed by atoms with E-state index < -0.39 is 0 Å². The van der Waals surface area contributed by atoms with E-state index in [1.807, 2.05) is 12.4 Å². The normalized spacial score (nSPS) is 28.9. The molecule has 4 unspecified atom stereocenters. The van der Waals surface area contributed by atoms with Crippen LogP contribution < -0.4 is 10.6 Å². The molecular formula is C32H30N6. The van der Waals surface area contributed by atoms with E-state index in [0.717, 1.165) is 40.9 Å². The maximum atomic E-state index is 4.76. The zero-order chi connectivity index (χ0) is 24.8. The number of rotatable bonds is 5. The van der Waals surface area contributed by atoms with Gasteiger partial charge in [-0.25, -0.2) is 9.97 Å². The lowest BCUT2D eigenvalue weighted by Gasteiger charge is -2.12. The minimum Gasteiger partial charge on any atom is -0.341 e. The van der Waals surface area contributed by atoms with Crippen LogP contribution in [0.15, 0.2) is 73.1 Å². The van der Waals surface area contributed by atoms with Crippen molar-refractivity contribution >= 4 is 10.8 Å². The highest BCUT2D eigenvalue weighted by Gasteiger charge is 2.47. The molecule has 188 valence electrons. The summed E-state index contributed by atoms with van der Waals surface area (Å²) in [5, 5.41) is 9.89. The van der Waals surface area contributed by atoms with E-state index in [1.54, 1.807) is 0 Å². The van der Waals surface area contributed by atoms with E-state index in [9.17, 15) is 0 Å². The Kier molecular flexibility index (Phi) is 4.40. The van der Waals surface area contributed by atoms with Crippen LogP contribution in [0.4, 0.5) is 0 Å². The van der Waals surface area contributed by atoms with Gasteiger partial charge in [-0.15, -0.1) is 0 Å². The van der Waals surface area contributed by atoms with Crippen molar-refractivity contribution in [1.29, 1.82) is 0 Å². The second-order valence-corrected chi connectivity index (χ2v) is 11.8. The van der Waals surface area contributed by atoms with Gasteiger partial charge in [0.1, 0.15) is 11.6 Å². The van der Waals surface area contributed by atoms with Gasteiger partial charge in [0.2, 0.25) is 0 Å². The SMILES string of the molecule is c1cc(-c2cnc([C@@H]3CC4CC4N3)[nH]2)c2cccc(-c3ccc(-c4cnc([C@@H]5CC6CC6N5)[nH]4)cc3)c2c1. The standard InChI is InChI=1S/C32H30N6/c1-3-21(17-7-9-18(10-8-17)29-15-33-31(37-29)27-13-19-11-25(19)35-27)22-4-2-6-24(23(22)5-1)30-16-34-32(38-30)28-14-20-12-26(20)36-28/h1-10,15-16,19-20,25-28,35-36H,11-14H2,(H,33,37)(H,34,38)/t19?,20?,25?,26?,27-,28-/m0/s1. The fourth-order valence-corrected chi connectivity index (χ4v) is 7.00. The lowest BCUT2D eigenvalue weighted by molar-refractivity contribution is 0.543. The van der Waals surface area contributed by atoms with Crippen molar-refractivity contribution < 1.29 is 0 Å². The van der Waals surface area contributed by atoms with Crippen LogP contribution in [0.2, 0.25) is 0 Å². The van der Waals surface area contributed by atoms with Gasteiger partial charge in [-0.2, -0.15) is 0 Å². The van der Waals surface area contributed by atoms with Crippen LogP contribution in [0.3, 0.4) is 0 Å². The van der Waals surface area contributed by atoms with E-state index >= 15 is 0 Å². The van der Waals surface area contributed by atoms with Crippen molar-refractivity contribution in [3.05, 3.63) is 84.7 Å². The molecule has 38 heavy (non-hydrogen) atoms. The lowest BCUT2D eigenvalue weighted by Crippen LogP contribution is -2.18. The number of nitrogens with one attached hydrogen (secondary N) is 4.